The number of para-hydroxylation sites is 1. The molecule has 0 aliphatic carbocycles. The summed E-state index contributed by atoms with van der Waals surface area (Å²) < 4.78 is 39.0. The van der Waals surface area contributed by atoms with Crippen molar-refractivity contribution in [2.75, 3.05) is 18.4 Å². The average Bonchev–Trinajstić information content (AvgIpc) is 2.55. The van der Waals surface area contributed by atoms with Crippen LogP contribution in [0.4, 0.5) is 24.8 Å². The van der Waals surface area contributed by atoms with Crippen LogP contribution in [0.15, 0.2) is 36.5 Å². The number of benzene rings is 1. The molecule has 0 aliphatic rings. The topological polar surface area (TPSA) is 58.1 Å². The van der Waals surface area contributed by atoms with E-state index in [9.17, 15) is 18.0 Å². The minimum atomic E-state index is -4.50. The van der Waals surface area contributed by atoms with E-state index in [1.165, 1.54) is 30.5 Å². The zero-order valence-electron chi connectivity index (χ0n) is 13.3. The summed E-state index contributed by atoms with van der Waals surface area (Å²) in [5, 5.41) is 2.54. The number of hydrogen-bond acceptors (Lipinski definition) is 4. The fourth-order valence-corrected chi connectivity index (χ4v) is 2.17. The number of alkyl halides is 3. The number of nitrogens with zero attached hydrogens (tertiary/aromatic N) is 3. The molecule has 128 valence electrons. The first-order chi connectivity index (χ1) is 11.4. The van der Waals surface area contributed by atoms with E-state index < -0.39 is 11.7 Å². The second-order valence-electron chi connectivity index (χ2n) is 4.91. The fourth-order valence-electron chi connectivity index (χ4n) is 2.17. The van der Waals surface area contributed by atoms with Gasteiger partial charge in [-0.05, 0) is 32.0 Å². The van der Waals surface area contributed by atoms with Gasteiger partial charge in [0.15, 0.2) is 0 Å². The minimum absolute atomic E-state index is 0.0651. The fraction of sp³-hybridized carbons (Fsp3) is 0.312. The molecule has 0 spiro atoms. The molecular weight excluding hydrogens is 321 g/mol. The molecule has 0 radical (unpaired) electrons. The smallest absolute Gasteiger partial charge is 0.338 e. The lowest BCUT2D eigenvalue weighted by molar-refractivity contribution is -0.136. The normalized spacial score (nSPS) is 11.2. The molecule has 0 saturated heterocycles. The van der Waals surface area contributed by atoms with Crippen molar-refractivity contribution < 1.29 is 18.0 Å². The van der Waals surface area contributed by atoms with Crippen LogP contribution in [0, 0.1) is 0 Å². The Morgan fingerprint density at radius 3 is 2.46 bits per heavy atom. The molecule has 1 aromatic heterocycles. The SMILES string of the molecule is CCN(CC)C(=O)c1ccnc(Nc2ccccc2C(F)(F)F)n1. The number of anilines is 2. The first-order valence-electron chi connectivity index (χ1n) is 7.42. The van der Waals surface area contributed by atoms with Crippen molar-refractivity contribution >= 4 is 17.5 Å². The van der Waals surface area contributed by atoms with E-state index in [1.54, 1.807) is 4.90 Å². The Labute approximate surface area is 137 Å². The number of aromatic nitrogens is 2. The molecule has 0 unspecified atom stereocenters. The van der Waals surface area contributed by atoms with Crippen molar-refractivity contribution in [1.29, 1.82) is 0 Å². The van der Waals surface area contributed by atoms with Crippen LogP contribution in [0.2, 0.25) is 0 Å². The summed E-state index contributed by atoms with van der Waals surface area (Å²) in [6.07, 6.45) is -3.17. The quantitative estimate of drug-likeness (QED) is 0.903. The average molecular weight is 338 g/mol. The van der Waals surface area contributed by atoms with Crippen LogP contribution >= 0.6 is 0 Å². The van der Waals surface area contributed by atoms with E-state index in [0.717, 1.165) is 6.07 Å². The van der Waals surface area contributed by atoms with Crippen molar-refractivity contribution in [2.24, 2.45) is 0 Å². The Balaban J connectivity index is 2.30. The maximum absolute atomic E-state index is 13.0. The lowest BCUT2D eigenvalue weighted by Gasteiger charge is -2.18. The van der Waals surface area contributed by atoms with Crippen LogP contribution in [0.25, 0.3) is 0 Å². The van der Waals surface area contributed by atoms with Crippen molar-refractivity contribution in [1.82, 2.24) is 14.9 Å². The summed E-state index contributed by atoms with van der Waals surface area (Å²) in [7, 11) is 0. The second-order valence-corrected chi connectivity index (χ2v) is 4.91. The van der Waals surface area contributed by atoms with Gasteiger partial charge in [0.25, 0.3) is 5.91 Å². The monoisotopic (exact) mass is 338 g/mol. The first-order valence-corrected chi connectivity index (χ1v) is 7.42. The number of amides is 1. The Morgan fingerprint density at radius 1 is 1.17 bits per heavy atom. The summed E-state index contributed by atoms with van der Waals surface area (Å²) >= 11 is 0. The van der Waals surface area contributed by atoms with E-state index in [1.807, 2.05) is 13.8 Å². The molecule has 5 nitrogen and oxygen atoms in total. The first kappa shape index (κ1) is 17.7. The molecule has 2 rings (SSSR count). The summed E-state index contributed by atoms with van der Waals surface area (Å²) in [5.74, 6) is -0.362. The number of rotatable bonds is 5. The molecule has 0 fully saturated rings. The van der Waals surface area contributed by atoms with Crippen LogP contribution in [0.1, 0.15) is 29.9 Å². The molecule has 1 N–H and O–H groups in total. The number of halogens is 3. The summed E-state index contributed by atoms with van der Waals surface area (Å²) in [6.45, 7) is 4.70. The Hall–Kier alpha value is -2.64. The number of hydrogen-bond donors (Lipinski definition) is 1. The van der Waals surface area contributed by atoms with Crippen LogP contribution in [-0.2, 0) is 6.18 Å². The maximum Gasteiger partial charge on any atom is 0.418 e. The van der Waals surface area contributed by atoms with Gasteiger partial charge < -0.3 is 10.2 Å². The third-order valence-corrected chi connectivity index (χ3v) is 3.40. The van der Waals surface area contributed by atoms with Crippen molar-refractivity contribution in [3.8, 4) is 0 Å². The Kier molecular flexibility index (Phi) is 5.38. The van der Waals surface area contributed by atoms with Crippen molar-refractivity contribution in [2.45, 2.75) is 20.0 Å². The molecule has 0 bridgehead atoms. The maximum atomic E-state index is 13.0. The van der Waals surface area contributed by atoms with E-state index in [4.69, 9.17) is 0 Å². The van der Waals surface area contributed by atoms with Crippen molar-refractivity contribution in [3.05, 3.63) is 47.8 Å². The highest BCUT2D eigenvalue weighted by molar-refractivity contribution is 5.92. The largest absolute Gasteiger partial charge is 0.418 e. The lowest BCUT2D eigenvalue weighted by Crippen LogP contribution is -2.31. The molecule has 0 aliphatic heterocycles. The molecule has 0 saturated carbocycles. The Bertz CT molecular complexity index is 714. The zero-order valence-corrected chi connectivity index (χ0v) is 13.3. The van der Waals surface area contributed by atoms with E-state index in [-0.39, 0.29) is 23.2 Å². The summed E-state index contributed by atoms with van der Waals surface area (Å²) in [4.78, 5) is 21.7. The third-order valence-electron chi connectivity index (χ3n) is 3.40. The van der Waals surface area contributed by atoms with Crippen LogP contribution in [0.3, 0.4) is 0 Å². The number of carbonyl (C=O) groups is 1. The molecule has 0 atom stereocenters. The Morgan fingerprint density at radius 2 is 1.83 bits per heavy atom. The molecule has 2 aromatic rings. The van der Waals surface area contributed by atoms with E-state index in [2.05, 4.69) is 15.3 Å². The highest BCUT2D eigenvalue weighted by atomic mass is 19.4. The summed E-state index contributed by atoms with van der Waals surface area (Å²) in [5.41, 5.74) is -0.868. The second kappa shape index (κ2) is 7.29. The predicted molar refractivity (Wildman–Crippen MR) is 84.0 cm³/mol. The van der Waals surface area contributed by atoms with Gasteiger partial charge >= 0.3 is 6.18 Å². The van der Waals surface area contributed by atoms with Gasteiger partial charge in [0.05, 0.1) is 11.3 Å². The standard InChI is InChI=1S/C16H17F3N4O/c1-3-23(4-2)14(24)13-9-10-20-15(22-13)21-12-8-6-5-7-11(12)16(17,18)19/h5-10H,3-4H2,1-2H3,(H,20,21,22). The molecular formula is C16H17F3N4O. The number of carbonyl (C=O) groups excluding carboxylic acids is 1. The van der Waals surface area contributed by atoms with Gasteiger partial charge in [0, 0.05) is 19.3 Å². The zero-order chi connectivity index (χ0) is 17.7. The van der Waals surface area contributed by atoms with Gasteiger partial charge in [-0.25, -0.2) is 9.97 Å². The number of nitrogens with one attached hydrogen (secondary N) is 1. The molecule has 1 heterocycles. The van der Waals surface area contributed by atoms with E-state index in [0.29, 0.717) is 13.1 Å². The highest BCUT2D eigenvalue weighted by Crippen LogP contribution is 2.35. The molecule has 1 amide bonds. The molecule has 1 aromatic carbocycles. The van der Waals surface area contributed by atoms with Gasteiger partial charge in [0.1, 0.15) is 5.69 Å². The third kappa shape index (κ3) is 4.01. The van der Waals surface area contributed by atoms with Gasteiger partial charge in [-0.1, -0.05) is 12.1 Å². The molecule has 24 heavy (non-hydrogen) atoms. The van der Waals surface area contributed by atoms with E-state index >= 15 is 0 Å². The minimum Gasteiger partial charge on any atom is -0.338 e. The van der Waals surface area contributed by atoms with Crippen molar-refractivity contribution in [3.63, 3.8) is 0 Å². The van der Waals surface area contributed by atoms with Gasteiger partial charge in [-0.2, -0.15) is 13.2 Å². The van der Waals surface area contributed by atoms with Crippen LogP contribution in [-0.4, -0.2) is 33.9 Å². The predicted octanol–water partition coefficient (Wildman–Crippen LogP) is 3.72. The van der Waals surface area contributed by atoms with Gasteiger partial charge in [-0.3, -0.25) is 4.79 Å². The molecule has 8 heteroatoms. The van der Waals surface area contributed by atoms with Gasteiger partial charge in [0.2, 0.25) is 5.95 Å². The summed E-state index contributed by atoms with van der Waals surface area (Å²) in [6, 6.07) is 6.46. The highest BCUT2D eigenvalue weighted by Gasteiger charge is 2.33. The van der Waals surface area contributed by atoms with Crippen LogP contribution < -0.4 is 5.32 Å². The van der Waals surface area contributed by atoms with Crippen LogP contribution in [0.5, 0.6) is 0 Å². The lowest BCUT2D eigenvalue weighted by atomic mass is 10.1. The van der Waals surface area contributed by atoms with Gasteiger partial charge in [-0.15, -0.1) is 0 Å².